The summed E-state index contributed by atoms with van der Waals surface area (Å²) < 4.78 is 19.3. The summed E-state index contributed by atoms with van der Waals surface area (Å²) in [5.74, 6) is 3.94. The number of nitrogens with zero attached hydrogens (tertiary/aromatic N) is 1. The van der Waals surface area contributed by atoms with E-state index in [1.807, 2.05) is 24.8 Å². The number of carbonyl (C=O) groups excluding carboxylic acids is 1. The molecular weight excluding hydrogens is 498 g/mol. The molecule has 182 valence electrons. The van der Waals surface area contributed by atoms with Crippen molar-refractivity contribution in [3.63, 3.8) is 0 Å². The average Bonchev–Trinajstić information content (AvgIpc) is 2.83. The molecule has 0 saturated carbocycles. The van der Waals surface area contributed by atoms with Crippen LogP contribution in [-0.4, -0.2) is 60.0 Å². The molecule has 5 nitrogen and oxygen atoms in total. The van der Waals surface area contributed by atoms with Gasteiger partial charge in [0.2, 0.25) is 0 Å². The van der Waals surface area contributed by atoms with Crippen molar-refractivity contribution in [3.8, 4) is 5.75 Å². The zero-order valence-electron chi connectivity index (χ0n) is 19.3. The number of hydrogen-bond donors (Lipinski definition) is 0. The maximum atomic E-state index is 10.9. The second kappa shape index (κ2) is 15.7. The lowest BCUT2D eigenvalue weighted by Gasteiger charge is -2.16. The van der Waals surface area contributed by atoms with E-state index in [2.05, 4.69) is 30.2 Å². The second-order valence-corrected chi connectivity index (χ2v) is 10.3. The van der Waals surface area contributed by atoms with Gasteiger partial charge >= 0.3 is 5.97 Å². The number of thioether (sulfide) groups is 2. The summed E-state index contributed by atoms with van der Waals surface area (Å²) in [5.41, 5.74) is 2.08. The van der Waals surface area contributed by atoms with Crippen molar-refractivity contribution in [3.05, 3.63) is 46.1 Å². The fraction of sp³-hybridized carbons (Fsp3) is 0.500. The van der Waals surface area contributed by atoms with Crippen LogP contribution < -0.4 is 4.74 Å². The maximum Gasteiger partial charge on any atom is 0.330 e. The van der Waals surface area contributed by atoms with E-state index in [0.717, 1.165) is 58.2 Å². The number of esters is 1. The lowest BCUT2D eigenvalue weighted by Crippen LogP contribution is -2.07. The van der Waals surface area contributed by atoms with Crippen molar-refractivity contribution in [1.82, 2.24) is 4.57 Å². The van der Waals surface area contributed by atoms with Gasteiger partial charge < -0.3 is 18.8 Å². The van der Waals surface area contributed by atoms with E-state index in [1.54, 1.807) is 11.8 Å². The predicted molar refractivity (Wildman–Crippen MR) is 145 cm³/mol. The molecule has 0 bridgehead atoms. The van der Waals surface area contributed by atoms with E-state index in [-0.39, 0.29) is 5.97 Å². The standard InChI is InChI=1S/C24H32ClNO4S3/c1-4-8-26-21-17-19(6-7-20(21)18(3)23(25)24(26)31)29-11-15-32-13-9-28-10-14-33-16-12-30-22(27)5-2/h5-7,17H,2,4,8-16H2,1,3H3. The third-order valence-electron chi connectivity index (χ3n) is 4.75. The van der Waals surface area contributed by atoms with E-state index in [4.69, 9.17) is 38.0 Å². The van der Waals surface area contributed by atoms with Crippen LogP contribution in [0.15, 0.2) is 30.9 Å². The smallest absolute Gasteiger partial charge is 0.330 e. The highest BCUT2D eigenvalue weighted by Gasteiger charge is 2.11. The van der Waals surface area contributed by atoms with Crippen molar-refractivity contribution in [2.45, 2.75) is 26.8 Å². The van der Waals surface area contributed by atoms with Crippen LogP contribution in [0.3, 0.4) is 0 Å². The van der Waals surface area contributed by atoms with E-state index >= 15 is 0 Å². The Labute approximate surface area is 215 Å². The molecule has 2 aromatic rings. The van der Waals surface area contributed by atoms with Gasteiger partial charge in [-0.05, 0) is 31.0 Å². The van der Waals surface area contributed by atoms with Gasteiger partial charge in [0, 0.05) is 47.1 Å². The number of aromatic nitrogens is 1. The lowest BCUT2D eigenvalue weighted by atomic mass is 10.1. The number of rotatable bonds is 16. The summed E-state index contributed by atoms with van der Waals surface area (Å²) in [4.78, 5) is 10.9. The van der Waals surface area contributed by atoms with Gasteiger partial charge in [0.05, 0.1) is 30.4 Å². The Morgan fingerprint density at radius 1 is 1.15 bits per heavy atom. The first-order chi connectivity index (χ1) is 16.0. The van der Waals surface area contributed by atoms with Crippen molar-refractivity contribution in [2.24, 2.45) is 0 Å². The van der Waals surface area contributed by atoms with Gasteiger partial charge in [-0.25, -0.2) is 4.79 Å². The van der Waals surface area contributed by atoms with Crippen molar-refractivity contribution >= 4 is 64.2 Å². The Morgan fingerprint density at radius 2 is 1.82 bits per heavy atom. The molecule has 0 saturated heterocycles. The summed E-state index contributed by atoms with van der Waals surface area (Å²) in [6.07, 6.45) is 2.16. The van der Waals surface area contributed by atoms with Crippen molar-refractivity contribution < 1.29 is 19.0 Å². The average molecular weight is 530 g/mol. The topological polar surface area (TPSA) is 49.7 Å². The number of pyridine rings is 1. The number of hydrogen-bond acceptors (Lipinski definition) is 7. The molecule has 9 heteroatoms. The molecule has 0 spiro atoms. The Morgan fingerprint density at radius 3 is 2.48 bits per heavy atom. The number of carbonyl (C=O) groups is 1. The van der Waals surface area contributed by atoms with Crippen LogP contribution in [0.5, 0.6) is 5.75 Å². The van der Waals surface area contributed by atoms with E-state index < -0.39 is 0 Å². The number of fused-ring (bicyclic) bond motifs is 1. The van der Waals surface area contributed by atoms with Crippen molar-refractivity contribution in [2.75, 3.05) is 49.4 Å². The third-order valence-corrected chi connectivity index (χ3v) is 7.57. The molecule has 0 radical (unpaired) electrons. The number of ether oxygens (including phenoxy) is 3. The largest absolute Gasteiger partial charge is 0.493 e. The van der Waals surface area contributed by atoms with Gasteiger partial charge in [0.15, 0.2) is 0 Å². The zero-order chi connectivity index (χ0) is 24.1. The van der Waals surface area contributed by atoms with Crippen LogP contribution >= 0.6 is 47.3 Å². The molecule has 0 aliphatic rings. The van der Waals surface area contributed by atoms with Gasteiger partial charge in [-0.15, -0.1) is 0 Å². The predicted octanol–water partition coefficient (Wildman–Crippen LogP) is 6.33. The maximum absolute atomic E-state index is 10.9. The molecule has 0 atom stereocenters. The summed E-state index contributed by atoms with van der Waals surface area (Å²) in [7, 11) is 0. The molecule has 0 fully saturated rings. The van der Waals surface area contributed by atoms with Gasteiger partial charge in [-0.2, -0.15) is 23.5 Å². The monoisotopic (exact) mass is 529 g/mol. The number of halogens is 1. The third kappa shape index (κ3) is 9.17. The Bertz CT molecular complexity index is 980. The van der Waals surface area contributed by atoms with Crippen LogP contribution in [0.25, 0.3) is 10.9 Å². The van der Waals surface area contributed by atoms with Crippen LogP contribution in [0.4, 0.5) is 0 Å². The molecule has 1 heterocycles. The quantitative estimate of drug-likeness (QED) is 0.109. The first kappa shape index (κ1) is 28.1. The normalized spacial score (nSPS) is 11.0. The van der Waals surface area contributed by atoms with E-state index in [0.29, 0.717) is 36.1 Å². The lowest BCUT2D eigenvalue weighted by molar-refractivity contribution is -0.137. The van der Waals surface area contributed by atoms with Crippen LogP contribution in [-0.2, 0) is 20.8 Å². The first-order valence-corrected chi connectivity index (χ1v) is 14.1. The minimum Gasteiger partial charge on any atom is -0.493 e. The Hall–Kier alpha value is -1.19. The summed E-state index contributed by atoms with van der Waals surface area (Å²) in [6.45, 7) is 10.8. The highest BCUT2D eigenvalue weighted by Crippen LogP contribution is 2.30. The SMILES string of the molecule is C=CC(=O)OCCSCCOCCSCCOc1ccc2c(C)c(Cl)c(=S)n(CCC)c2c1. The summed E-state index contributed by atoms with van der Waals surface area (Å²) in [6, 6.07) is 6.12. The first-order valence-electron chi connectivity index (χ1n) is 11.0. The molecule has 2 rings (SSSR count). The fourth-order valence-electron chi connectivity index (χ4n) is 3.11. The molecule has 1 aromatic carbocycles. The highest BCUT2D eigenvalue weighted by atomic mass is 35.5. The molecule has 0 amide bonds. The van der Waals surface area contributed by atoms with Crippen molar-refractivity contribution in [1.29, 1.82) is 0 Å². The second-order valence-electron chi connectivity index (χ2n) is 7.13. The van der Waals surface area contributed by atoms with E-state index in [1.165, 1.54) is 6.08 Å². The summed E-state index contributed by atoms with van der Waals surface area (Å²) in [5, 5.41) is 1.77. The van der Waals surface area contributed by atoms with E-state index in [9.17, 15) is 4.79 Å². The van der Waals surface area contributed by atoms with Gasteiger partial charge in [0.1, 0.15) is 17.0 Å². The van der Waals surface area contributed by atoms with Crippen LogP contribution in [0.2, 0.25) is 5.02 Å². The molecular formula is C24H32ClNO4S3. The van der Waals surface area contributed by atoms with Gasteiger partial charge in [-0.1, -0.05) is 37.3 Å². The van der Waals surface area contributed by atoms with Gasteiger partial charge in [-0.3, -0.25) is 0 Å². The minimum absolute atomic E-state index is 0.376. The molecule has 0 aliphatic carbocycles. The Balaban J connectivity index is 1.65. The fourth-order valence-corrected chi connectivity index (χ4v) is 4.94. The number of aryl methyl sites for hydroxylation is 2. The van der Waals surface area contributed by atoms with Crippen LogP contribution in [0.1, 0.15) is 18.9 Å². The molecule has 33 heavy (non-hydrogen) atoms. The Kier molecular flexibility index (Phi) is 13.3. The summed E-state index contributed by atoms with van der Waals surface area (Å²) >= 11 is 15.5. The van der Waals surface area contributed by atoms with Crippen LogP contribution in [0, 0.1) is 11.6 Å². The molecule has 1 aromatic heterocycles. The van der Waals surface area contributed by atoms with Gasteiger partial charge in [0.25, 0.3) is 0 Å². The molecule has 0 unspecified atom stereocenters. The molecule has 0 aliphatic heterocycles. The zero-order valence-corrected chi connectivity index (χ0v) is 22.5. The number of benzene rings is 1. The highest BCUT2D eigenvalue weighted by molar-refractivity contribution is 7.99. The minimum atomic E-state index is -0.376. The molecule has 0 N–H and O–H groups in total.